The molecule has 90 valence electrons. The van der Waals surface area contributed by atoms with E-state index in [9.17, 15) is 4.39 Å². The molecule has 0 saturated carbocycles. The van der Waals surface area contributed by atoms with E-state index < -0.39 is 0 Å². The minimum Gasteiger partial charge on any atom is -0.397 e. The van der Waals surface area contributed by atoms with E-state index in [1.54, 1.807) is 31.0 Å². The van der Waals surface area contributed by atoms with Gasteiger partial charge in [0.05, 0.1) is 17.9 Å². The van der Waals surface area contributed by atoms with E-state index in [0.717, 1.165) is 0 Å². The minimum atomic E-state index is -0.302. The number of rotatable bonds is 3. The molecule has 5 nitrogen and oxygen atoms in total. The van der Waals surface area contributed by atoms with Crippen LogP contribution < -0.4 is 11.1 Å². The van der Waals surface area contributed by atoms with Gasteiger partial charge in [-0.15, -0.1) is 0 Å². The third-order valence-electron chi connectivity index (χ3n) is 2.41. The number of halogens is 1. The Labute approximate surface area is 98.5 Å². The van der Waals surface area contributed by atoms with E-state index in [2.05, 4.69) is 15.4 Å². The first-order valence-corrected chi connectivity index (χ1v) is 5.20. The summed E-state index contributed by atoms with van der Waals surface area (Å²) >= 11 is 0. The van der Waals surface area contributed by atoms with Crippen LogP contribution in [0.2, 0.25) is 0 Å². The van der Waals surface area contributed by atoms with E-state index >= 15 is 0 Å². The summed E-state index contributed by atoms with van der Waals surface area (Å²) in [5, 5.41) is 7.20. The van der Waals surface area contributed by atoms with Crippen LogP contribution in [-0.2, 0) is 13.6 Å². The van der Waals surface area contributed by atoms with E-state index in [1.807, 2.05) is 0 Å². The summed E-state index contributed by atoms with van der Waals surface area (Å²) in [5.74, 6) is 0.359. The van der Waals surface area contributed by atoms with Gasteiger partial charge in [-0.05, 0) is 24.6 Å². The quantitative estimate of drug-likeness (QED) is 0.790. The number of hydrogen-bond donors (Lipinski definition) is 2. The van der Waals surface area contributed by atoms with Crippen LogP contribution in [0.3, 0.4) is 0 Å². The molecule has 0 radical (unpaired) electrons. The molecule has 0 bridgehead atoms. The smallest absolute Gasteiger partial charge is 0.169 e. The SMILES string of the molecule is Cc1cc(NCc2ncn(C)n2)c(N)cc1F. The number of aromatic nitrogens is 3. The van der Waals surface area contributed by atoms with Crippen molar-refractivity contribution >= 4 is 11.4 Å². The lowest BCUT2D eigenvalue weighted by Gasteiger charge is -2.09. The molecular formula is C11H14FN5. The number of nitrogens with one attached hydrogen (secondary N) is 1. The zero-order valence-electron chi connectivity index (χ0n) is 9.74. The van der Waals surface area contributed by atoms with Crippen molar-refractivity contribution in [1.29, 1.82) is 0 Å². The Morgan fingerprint density at radius 2 is 2.24 bits per heavy atom. The first kappa shape index (κ1) is 11.4. The van der Waals surface area contributed by atoms with Gasteiger partial charge in [-0.25, -0.2) is 9.37 Å². The Morgan fingerprint density at radius 3 is 2.88 bits per heavy atom. The fraction of sp³-hybridized carbons (Fsp3) is 0.273. The Balaban J connectivity index is 2.11. The maximum absolute atomic E-state index is 13.2. The number of benzene rings is 1. The topological polar surface area (TPSA) is 68.8 Å². The fourth-order valence-electron chi connectivity index (χ4n) is 1.49. The van der Waals surface area contributed by atoms with Crippen LogP contribution in [0.15, 0.2) is 18.5 Å². The summed E-state index contributed by atoms with van der Waals surface area (Å²) in [6.07, 6.45) is 1.62. The standard InChI is InChI=1S/C11H14FN5/c1-7-3-10(9(13)4-8(7)12)14-5-11-15-6-17(2)16-11/h3-4,6,14H,5,13H2,1-2H3. The molecule has 1 heterocycles. The second kappa shape index (κ2) is 4.40. The zero-order valence-corrected chi connectivity index (χ0v) is 9.74. The molecular weight excluding hydrogens is 221 g/mol. The second-order valence-electron chi connectivity index (χ2n) is 3.88. The van der Waals surface area contributed by atoms with Gasteiger partial charge in [0, 0.05) is 7.05 Å². The Bertz CT molecular complexity index is 535. The first-order valence-electron chi connectivity index (χ1n) is 5.20. The number of hydrogen-bond acceptors (Lipinski definition) is 4. The lowest BCUT2D eigenvalue weighted by atomic mass is 10.2. The largest absolute Gasteiger partial charge is 0.397 e. The number of aryl methyl sites for hydroxylation is 2. The molecule has 0 amide bonds. The van der Waals surface area contributed by atoms with E-state index in [0.29, 0.717) is 29.3 Å². The molecule has 0 fully saturated rings. The van der Waals surface area contributed by atoms with Crippen molar-refractivity contribution in [2.75, 3.05) is 11.1 Å². The maximum Gasteiger partial charge on any atom is 0.169 e. The Kier molecular flexibility index (Phi) is 2.95. The van der Waals surface area contributed by atoms with Gasteiger partial charge in [-0.3, -0.25) is 4.68 Å². The van der Waals surface area contributed by atoms with Crippen molar-refractivity contribution in [1.82, 2.24) is 14.8 Å². The lowest BCUT2D eigenvalue weighted by molar-refractivity contribution is 0.619. The van der Waals surface area contributed by atoms with Crippen molar-refractivity contribution in [2.45, 2.75) is 13.5 Å². The first-order chi connectivity index (χ1) is 8.06. The molecule has 2 rings (SSSR count). The van der Waals surface area contributed by atoms with Crippen molar-refractivity contribution in [2.24, 2.45) is 7.05 Å². The number of nitrogens with two attached hydrogens (primary N) is 1. The fourth-order valence-corrected chi connectivity index (χ4v) is 1.49. The Morgan fingerprint density at radius 1 is 1.47 bits per heavy atom. The van der Waals surface area contributed by atoms with E-state index in [4.69, 9.17) is 5.73 Å². The highest BCUT2D eigenvalue weighted by Gasteiger charge is 2.05. The predicted molar refractivity (Wildman–Crippen MR) is 63.9 cm³/mol. The molecule has 0 aliphatic heterocycles. The second-order valence-corrected chi connectivity index (χ2v) is 3.88. The van der Waals surface area contributed by atoms with Crippen molar-refractivity contribution in [3.8, 4) is 0 Å². The van der Waals surface area contributed by atoms with Crippen molar-refractivity contribution < 1.29 is 4.39 Å². The average molecular weight is 235 g/mol. The van der Waals surface area contributed by atoms with Crippen LogP contribution >= 0.6 is 0 Å². The van der Waals surface area contributed by atoms with Gasteiger partial charge in [0.25, 0.3) is 0 Å². The lowest BCUT2D eigenvalue weighted by Crippen LogP contribution is -2.05. The van der Waals surface area contributed by atoms with Crippen LogP contribution in [0.4, 0.5) is 15.8 Å². The van der Waals surface area contributed by atoms with E-state index in [1.165, 1.54) is 6.07 Å². The molecule has 0 spiro atoms. The molecule has 1 aromatic heterocycles. The molecule has 17 heavy (non-hydrogen) atoms. The highest BCUT2D eigenvalue weighted by molar-refractivity contribution is 5.67. The third kappa shape index (κ3) is 2.52. The van der Waals surface area contributed by atoms with E-state index in [-0.39, 0.29) is 5.82 Å². The van der Waals surface area contributed by atoms with Gasteiger partial charge in [0.2, 0.25) is 0 Å². The van der Waals surface area contributed by atoms with Crippen molar-refractivity contribution in [3.63, 3.8) is 0 Å². The van der Waals surface area contributed by atoms with Crippen LogP contribution in [0.5, 0.6) is 0 Å². The molecule has 0 atom stereocenters. The zero-order chi connectivity index (χ0) is 12.4. The Hall–Kier alpha value is -2.11. The summed E-state index contributed by atoms with van der Waals surface area (Å²) in [6, 6.07) is 2.98. The van der Waals surface area contributed by atoms with Crippen LogP contribution in [0.1, 0.15) is 11.4 Å². The molecule has 0 unspecified atom stereocenters. The normalized spacial score (nSPS) is 10.5. The molecule has 0 saturated heterocycles. The monoisotopic (exact) mass is 235 g/mol. The van der Waals surface area contributed by atoms with Crippen LogP contribution in [-0.4, -0.2) is 14.8 Å². The third-order valence-corrected chi connectivity index (χ3v) is 2.41. The van der Waals surface area contributed by atoms with Crippen molar-refractivity contribution in [3.05, 3.63) is 35.7 Å². The van der Waals surface area contributed by atoms with Gasteiger partial charge >= 0.3 is 0 Å². The summed E-state index contributed by atoms with van der Waals surface area (Å²) in [5.41, 5.74) is 7.33. The molecule has 0 aliphatic rings. The highest BCUT2D eigenvalue weighted by Crippen LogP contribution is 2.22. The molecule has 1 aromatic carbocycles. The predicted octanol–water partition coefficient (Wildman–Crippen LogP) is 1.46. The van der Waals surface area contributed by atoms with Crippen LogP contribution in [0.25, 0.3) is 0 Å². The average Bonchev–Trinajstić information content (AvgIpc) is 2.68. The molecule has 3 N–H and O–H groups in total. The van der Waals surface area contributed by atoms with Gasteiger partial charge in [0.1, 0.15) is 12.1 Å². The van der Waals surface area contributed by atoms with Gasteiger partial charge in [-0.2, -0.15) is 5.10 Å². The van der Waals surface area contributed by atoms with Gasteiger partial charge < -0.3 is 11.1 Å². The summed E-state index contributed by atoms with van der Waals surface area (Å²) in [4.78, 5) is 4.07. The molecule has 2 aromatic rings. The summed E-state index contributed by atoms with van der Waals surface area (Å²) in [6.45, 7) is 2.15. The highest BCUT2D eigenvalue weighted by atomic mass is 19.1. The molecule has 0 aliphatic carbocycles. The molecule has 6 heteroatoms. The van der Waals surface area contributed by atoms with Crippen LogP contribution in [0, 0.1) is 12.7 Å². The summed E-state index contributed by atoms with van der Waals surface area (Å²) in [7, 11) is 1.80. The number of nitrogens with zero attached hydrogens (tertiary/aromatic N) is 3. The van der Waals surface area contributed by atoms with Gasteiger partial charge in [-0.1, -0.05) is 0 Å². The number of nitrogen functional groups attached to an aromatic ring is 1. The number of anilines is 2. The minimum absolute atomic E-state index is 0.302. The summed E-state index contributed by atoms with van der Waals surface area (Å²) < 4.78 is 14.8. The van der Waals surface area contributed by atoms with Gasteiger partial charge in [0.15, 0.2) is 5.82 Å². The maximum atomic E-state index is 13.2.